The van der Waals surface area contributed by atoms with Gasteiger partial charge in [-0.3, -0.25) is 9.48 Å². The average molecular weight is 395 g/mol. The van der Waals surface area contributed by atoms with E-state index < -0.39 is 0 Å². The van der Waals surface area contributed by atoms with Gasteiger partial charge in [-0.1, -0.05) is 6.07 Å². The lowest BCUT2D eigenvalue weighted by molar-refractivity contribution is -0.125. The van der Waals surface area contributed by atoms with Crippen LogP contribution in [0.4, 0.5) is 0 Å². The van der Waals surface area contributed by atoms with E-state index in [1.165, 1.54) is 0 Å². The minimum absolute atomic E-state index is 0. The molecule has 3 rings (SSSR count). The fraction of sp³-hybridized carbons (Fsp3) is 0.474. The molecule has 8 heteroatoms. The molecule has 0 bridgehead atoms. The van der Waals surface area contributed by atoms with E-state index in [2.05, 4.69) is 15.7 Å². The number of rotatable bonds is 6. The predicted octanol–water partition coefficient (Wildman–Crippen LogP) is 2.04. The second kappa shape index (κ2) is 9.10. The molecule has 1 amide bonds. The molecule has 1 unspecified atom stereocenters. The van der Waals surface area contributed by atoms with Crippen LogP contribution in [0, 0.1) is 5.92 Å². The van der Waals surface area contributed by atoms with Gasteiger partial charge in [-0.15, -0.1) is 12.4 Å². The van der Waals surface area contributed by atoms with Crippen LogP contribution < -0.4 is 20.1 Å². The number of nitrogens with zero attached hydrogens (tertiary/aromatic N) is 2. The van der Waals surface area contributed by atoms with Crippen LogP contribution in [0.5, 0.6) is 11.5 Å². The second-order valence-corrected chi connectivity index (χ2v) is 6.66. The van der Waals surface area contributed by atoms with E-state index in [0.717, 1.165) is 17.7 Å². The van der Waals surface area contributed by atoms with Gasteiger partial charge < -0.3 is 20.1 Å². The summed E-state index contributed by atoms with van der Waals surface area (Å²) in [6.07, 6.45) is 3.82. The van der Waals surface area contributed by atoms with Crippen molar-refractivity contribution in [1.29, 1.82) is 0 Å². The fourth-order valence-electron chi connectivity index (χ4n) is 3.46. The summed E-state index contributed by atoms with van der Waals surface area (Å²) in [5.41, 5.74) is 2.07. The lowest BCUT2D eigenvalue weighted by atomic mass is 9.90. The van der Waals surface area contributed by atoms with E-state index in [1.54, 1.807) is 18.9 Å². The van der Waals surface area contributed by atoms with Crippen LogP contribution in [0.1, 0.15) is 30.0 Å². The van der Waals surface area contributed by atoms with Gasteiger partial charge in [0.1, 0.15) is 0 Å². The first-order valence-electron chi connectivity index (χ1n) is 8.75. The number of hydrogen-bond donors (Lipinski definition) is 2. The van der Waals surface area contributed by atoms with Gasteiger partial charge in [-0.25, -0.2) is 0 Å². The molecule has 1 saturated heterocycles. The lowest BCUT2D eigenvalue weighted by Crippen LogP contribution is -2.36. The molecule has 1 fully saturated rings. The highest BCUT2D eigenvalue weighted by Gasteiger charge is 2.35. The minimum Gasteiger partial charge on any atom is -0.493 e. The summed E-state index contributed by atoms with van der Waals surface area (Å²) >= 11 is 0. The fourth-order valence-corrected chi connectivity index (χ4v) is 3.46. The maximum absolute atomic E-state index is 12.9. The molecular weight excluding hydrogens is 368 g/mol. The Hall–Kier alpha value is -2.25. The number of amides is 1. The Morgan fingerprint density at radius 1 is 1.30 bits per heavy atom. The molecule has 1 aliphatic heterocycles. The number of carbonyl (C=O) groups is 1. The molecule has 27 heavy (non-hydrogen) atoms. The largest absolute Gasteiger partial charge is 0.493 e. The predicted molar refractivity (Wildman–Crippen MR) is 106 cm³/mol. The van der Waals surface area contributed by atoms with Gasteiger partial charge in [0.2, 0.25) is 5.91 Å². The first-order valence-corrected chi connectivity index (χ1v) is 8.75. The number of methoxy groups -OCH3 is 2. The smallest absolute Gasteiger partial charge is 0.225 e. The van der Waals surface area contributed by atoms with Gasteiger partial charge >= 0.3 is 0 Å². The summed E-state index contributed by atoms with van der Waals surface area (Å²) in [6.45, 7) is 3.43. The Kier molecular flexibility index (Phi) is 7.10. The zero-order chi connectivity index (χ0) is 18.7. The molecule has 0 aliphatic carbocycles. The van der Waals surface area contributed by atoms with Gasteiger partial charge in [0.25, 0.3) is 0 Å². The number of benzene rings is 1. The maximum atomic E-state index is 12.9. The summed E-state index contributed by atoms with van der Waals surface area (Å²) in [5, 5.41) is 10.7. The zero-order valence-corrected chi connectivity index (χ0v) is 16.9. The first kappa shape index (κ1) is 21.1. The second-order valence-electron chi connectivity index (χ2n) is 6.66. The number of aromatic nitrogens is 2. The molecular formula is C19H27ClN4O3. The SMILES string of the molecule is COc1ccc(C(C)NC(=O)[C@H]2CNC[C@@H]2c2cnn(C)c2)cc1OC.Cl. The number of aryl methyl sites for hydroxylation is 1. The third-order valence-electron chi connectivity index (χ3n) is 4.97. The summed E-state index contributed by atoms with van der Waals surface area (Å²) in [6, 6.07) is 5.57. The van der Waals surface area contributed by atoms with Crippen molar-refractivity contribution in [3.05, 3.63) is 41.7 Å². The Bertz CT molecular complexity index is 780. The van der Waals surface area contributed by atoms with Crippen molar-refractivity contribution < 1.29 is 14.3 Å². The quantitative estimate of drug-likeness (QED) is 0.784. The van der Waals surface area contributed by atoms with Crippen molar-refractivity contribution in [3.63, 3.8) is 0 Å². The highest BCUT2D eigenvalue weighted by molar-refractivity contribution is 5.85. The van der Waals surface area contributed by atoms with Crippen molar-refractivity contribution in [2.24, 2.45) is 13.0 Å². The number of carbonyl (C=O) groups excluding carboxylic acids is 1. The van der Waals surface area contributed by atoms with Crippen LogP contribution in [-0.2, 0) is 11.8 Å². The van der Waals surface area contributed by atoms with Crippen molar-refractivity contribution >= 4 is 18.3 Å². The molecule has 1 aliphatic rings. The maximum Gasteiger partial charge on any atom is 0.225 e. The molecule has 7 nitrogen and oxygen atoms in total. The van der Waals surface area contributed by atoms with Gasteiger partial charge in [-0.2, -0.15) is 5.10 Å². The third-order valence-corrected chi connectivity index (χ3v) is 4.97. The van der Waals surface area contributed by atoms with E-state index >= 15 is 0 Å². The van der Waals surface area contributed by atoms with Gasteiger partial charge in [-0.05, 0) is 30.2 Å². The molecule has 2 aromatic rings. The normalized spacial score (nSPS) is 19.9. The van der Waals surface area contributed by atoms with E-state index in [9.17, 15) is 4.79 Å². The van der Waals surface area contributed by atoms with Crippen LogP contribution in [0.15, 0.2) is 30.6 Å². The summed E-state index contributed by atoms with van der Waals surface area (Å²) in [7, 11) is 5.10. The van der Waals surface area contributed by atoms with Gasteiger partial charge in [0, 0.05) is 32.3 Å². The highest BCUT2D eigenvalue weighted by atomic mass is 35.5. The van der Waals surface area contributed by atoms with Crippen molar-refractivity contribution in [3.8, 4) is 11.5 Å². The Morgan fingerprint density at radius 2 is 2.04 bits per heavy atom. The molecule has 1 aromatic carbocycles. The number of ether oxygens (including phenoxy) is 2. The minimum atomic E-state index is -0.127. The molecule has 1 aromatic heterocycles. The molecule has 2 heterocycles. The average Bonchev–Trinajstić information content (AvgIpc) is 3.29. The molecule has 0 radical (unpaired) electrons. The third kappa shape index (κ3) is 4.54. The first-order chi connectivity index (χ1) is 12.5. The van der Waals surface area contributed by atoms with Gasteiger partial charge in [0.05, 0.1) is 32.4 Å². The van der Waals surface area contributed by atoms with E-state index in [1.807, 2.05) is 44.6 Å². The van der Waals surface area contributed by atoms with Gasteiger partial charge in [0.15, 0.2) is 11.5 Å². The van der Waals surface area contributed by atoms with Crippen LogP contribution in [-0.4, -0.2) is 43.0 Å². The Labute approximate surface area is 165 Å². The summed E-state index contributed by atoms with van der Waals surface area (Å²) < 4.78 is 12.4. The molecule has 0 spiro atoms. The highest BCUT2D eigenvalue weighted by Crippen LogP contribution is 2.31. The topological polar surface area (TPSA) is 77.4 Å². The number of hydrogen-bond acceptors (Lipinski definition) is 5. The summed E-state index contributed by atoms with van der Waals surface area (Å²) in [4.78, 5) is 12.9. The molecule has 0 saturated carbocycles. The van der Waals surface area contributed by atoms with Crippen molar-refractivity contribution in [1.82, 2.24) is 20.4 Å². The van der Waals surface area contributed by atoms with E-state index in [4.69, 9.17) is 9.47 Å². The monoisotopic (exact) mass is 394 g/mol. The lowest BCUT2D eigenvalue weighted by Gasteiger charge is -2.21. The van der Waals surface area contributed by atoms with Crippen LogP contribution in [0.25, 0.3) is 0 Å². The van der Waals surface area contributed by atoms with Crippen LogP contribution in [0.2, 0.25) is 0 Å². The Morgan fingerprint density at radius 3 is 2.67 bits per heavy atom. The number of halogens is 1. The molecule has 3 atom stereocenters. The van der Waals surface area contributed by atoms with Crippen molar-refractivity contribution in [2.75, 3.05) is 27.3 Å². The zero-order valence-electron chi connectivity index (χ0n) is 16.1. The standard InChI is InChI=1S/C19H26N4O3.ClH/c1-12(13-5-6-17(25-3)18(7-13)26-4)22-19(24)16-10-20-9-15(16)14-8-21-23(2)11-14;/h5-8,11-12,15-16,20H,9-10H2,1-4H3,(H,22,24);1H/t12?,15-,16+;/m1./s1. The summed E-state index contributed by atoms with van der Waals surface area (Å²) in [5.74, 6) is 1.41. The number of nitrogens with one attached hydrogen (secondary N) is 2. The van der Waals surface area contributed by atoms with Crippen molar-refractivity contribution in [2.45, 2.75) is 18.9 Å². The van der Waals surface area contributed by atoms with Crippen LogP contribution >= 0.6 is 12.4 Å². The van der Waals surface area contributed by atoms with E-state index in [-0.39, 0.29) is 36.2 Å². The van der Waals surface area contributed by atoms with Crippen LogP contribution in [0.3, 0.4) is 0 Å². The Balaban J connectivity index is 0.00000261. The molecule has 2 N–H and O–H groups in total. The molecule has 148 valence electrons. The van der Waals surface area contributed by atoms with E-state index in [0.29, 0.717) is 18.0 Å².